The highest BCUT2D eigenvalue weighted by atomic mass is 15.2. The quantitative estimate of drug-likeness (QED) is 0.916. The van der Waals surface area contributed by atoms with Gasteiger partial charge in [0.15, 0.2) is 0 Å². The average molecular weight is 255 g/mol. The number of benzene rings is 1. The second-order valence-electron chi connectivity index (χ2n) is 5.51. The van der Waals surface area contributed by atoms with E-state index in [-0.39, 0.29) is 6.04 Å². The largest absolute Gasteiger partial charge is 0.324 e. The Hall–Kier alpha value is -1.61. The zero-order valence-corrected chi connectivity index (χ0v) is 11.4. The van der Waals surface area contributed by atoms with E-state index in [0.29, 0.717) is 5.92 Å². The van der Waals surface area contributed by atoms with Crippen LogP contribution in [0.15, 0.2) is 36.5 Å². The fourth-order valence-corrected chi connectivity index (χ4v) is 3.17. The van der Waals surface area contributed by atoms with E-state index in [2.05, 4.69) is 35.4 Å². The van der Waals surface area contributed by atoms with Crippen molar-refractivity contribution in [2.75, 3.05) is 0 Å². The Morgan fingerprint density at radius 1 is 1.32 bits per heavy atom. The van der Waals surface area contributed by atoms with Gasteiger partial charge in [0.05, 0.1) is 0 Å². The van der Waals surface area contributed by atoms with Gasteiger partial charge in [-0.05, 0) is 48.8 Å². The molecule has 0 amide bonds. The Balaban J connectivity index is 1.69. The Morgan fingerprint density at radius 2 is 2.16 bits per heavy atom. The molecular weight excluding hydrogens is 234 g/mol. The number of hydrogen-bond donors (Lipinski definition) is 1. The summed E-state index contributed by atoms with van der Waals surface area (Å²) in [5, 5.41) is 4.22. The molecule has 0 spiro atoms. The number of fused-ring (bicyclic) bond motifs is 1. The third-order valence-corrected chi connectivity index (χ3v) is 4.40. The first-order valence-electron chi connectivity index (χ1n) is 7.06. The molecule has 3 nitrogen and oxygen atoms in total. The van der Waals surface area contributed by atoms with E-state index >= 15 is 0 Å². The second-order valence-corrected chi connectivity index (χ2v) is 5.51. The summed E-state index contributed by atoms with van der Waals surface area (Å²) in [6.45, 7) is 0. The third kappa shape index (κ3) is 2.43. The van der Waals surface area contributed by atoms with Crippen LogP contribution in [0.2, 0.25) is 0 Å². The van der Waals surface area contributed by atoms with Gasteiger partial charge in [-0.15, -0.1) is 0 Å². The highest BCUT2D eigenvalue weighted by Crippen LogP contribution is 2.35. The maximum absolute atomic E-state index is 6.45. The van der Waals surface area contributed by atoms with Crippen molar-refractivity contribution in [3.8, 4) is 0 Å². The molecule has 0 saturated heterocycles. The minimum absolute atomic E-state index is 0.193. The molecule has 100 valence electrons. The lowest BCUT2D eigenvalue weighted by Gasteiger charge is -2.31. The molecule has 2 unspecified atom stereocenters. The third-order valence-electron chi connectivity index (χ3n) is 4.40. The molecule has 0 radical (unpaired) electrons. The van der Waals surface area contributed by atoms with E-state index in [0.717, 1.165) is 12.8 Å². The Bertz CT molecular complexity index is 559. The SMILES string of the molecule is Cn1nccc1CCC1CCc2ccccc2C1N. The summed E-state index contributed by atoms with van der Waals surface area (Å²) in [6, 6.07) is 10.9. The van der Waals surface area contributed by atoms with E-state index in [4.69, 9.17) is 5.73 Å². The maximum atomic E-state index is 6.45. The molecule has 1 aliphatic rings. The summed E-state index contributed by atoms with van der Waals surface area (Å²) in [7, 11) is 2.01. The van der Waals surface area contributed by atoms with Crippen molar-refractivity contribution in [3.63, 3.8) is 0 Å². The van der Waals surface area contributed by atoms with Crippen molar-refractivity contribution in [1.82, 2.24) is 9.78 Å². The van der Waals surface area contributed by atoms with E-state index in [9.17, 15) is 0 Å². The smallest absolute Gasteiger partial charge is 0.0492 e. The molecule has 3 rings (SSSR count). The van der Waals surface area contributed by atoms with Gasteiger partial charge in [-0.2, -0.15) is 5.10 Å². The van der Waals surface area contributed by atoms with Gasteiger partial charge in [0.1, 0.15) is 0 Å². The molecule has 0 saturated carbocycles. The molecule has 0 aliphatic heterocycles. The van der Waals surface area contributed by atoms with Crippen LogP contribution in [0, 0.1) is 5.92 Å². The molecule has 1 aromatic carbocycles. The standard InChI is InChI=1S/C16H21N3/c1-19-14(10-11-18-19)9-8-13-7-6-12-4-2-3-5-15(12)16(13)17/h2-5,10-11,13,16H,6-9,17H2,1H3. The van der Waals surface area contributed by atoms with Crippen LogP contribution in [0.1, 0.15) is 35.7 Å². The van der Waals surface area contributed by atoms with E-state index in [1.165, 1.54) is 29.7 Å². The molecule has 19 heavy (non-hydrogen) atoms. The van der Waals surface area contributed by atoms with Crippen LogP contribution in [0.25, 0.3) is 0 Å². The average Bonchev–Trinajstić information content (AvgIpc) is 2.84. The number of nitrogens with two attached hydrogens (primary N) is 1. The topological polar surface area (TPSA) is 43.8 Å². The van der Waals surface area contributed by atoms with Crippen LogP contribution >= 0.6 is 0 Å². The predicted molar refractivity (Wildman–Crippen MR) is 76.7 cm³/mol. The Labute approximate surface area is 114 Å². The lowest BCUT2D eigenvalue weighted by molar-refractivity contribution is 0.352. The minimum atomic E-state index is 0.193. The van der Waals surface area contributed by atoms with E-state index < -0.39 is 0 Å². The summed E-state index contributed by atoms with van der Waals surface area (Å²) in [4.78, 5) is 0. The van der Waals surface area contributed by atoms with Gasteiger partial charge in [-0.25, -0.2) is 0 Å². The molecule has 1 aliphatic carbocycles. The molecule has 1 heterocycles. The van der Waals surface area contributed by atoms with Crippen LogP contribution < -0.4 is 5.73 Å². The molecule has 0 bridgehead atoms. The van der Waals surface area contributed by atoms with E-state index in [1.807, 2.05) is 17.9 Å². The van der Waals surface area contributed by atoms with Gasteiger partial charge in [0.2, 0.25) is 0 Å². The second kappa shape index (κ2) is 5.17. The van der Waals surface area contributed by atoms with Gasteiger partial charge in [0, 0.05) is 25.0 Å². The first-order chi connectivity index (χ1) is 9.25. The Kier molecular flexibility index (Phi) is 3.38. The number of rotatable bonds is 3. The van der Waals surface area contributed by atoms with Gasteiger partial charge in [-0.1, -0.05) is 24.3 Å². The lowest BCUT2D eigenvalue weighted by atomic mass is 9.78. The first-order valence-corrected chi connectivity index (χ1v) is 7.06. The van der Waals surface area contributed by atoms with Crippen LogP contribution in [0.5, 0.6) is 0 Å². The molecule has 3 heteroatoms. The van der Waals surface area contributed by atoms with Crippen LogP contribution in [0.4, 0.5) is 0 Å². The van der Waals surface area contributed by atoms with Gasteiger partial charge in [0.25, 0.3) is 0 Å². The van der Waals surface area contributed by atoms with Crippen molar-refractivity contribution in [2.45, 2.75) is 31.7 Å². The number of aromatic nitrogens is 2. The monoisotopic (exact) mass is 255 g/mol. The first kappa shape index (κ1) is 12.4. The van der Waals surface area contributed by atoms with Gasteiger partial charge >= 0.3 is 0 Å². The summed E-state index contributed by atoms with van der Waals surface area (Å²) in [6.07, 6.45) is 6.45. The summed E-state index contributed by atoms with van der Waals surface area (Å²) in [5.41, 5.74) is 10.5. The zero-order valence-electron chi connectivity index (χ0n) is 11.4. The van der Waals surface area contributed by atoms with Gasteiger partial charge < -0.3 is 5.73 Å². The summed E-state index contributed by atoms with van der Waals surface area (Å²) >= 11 is 0. The summed E-state index contributed by atoms with van der Waals surface area (Å²) in [5.74, 6) is 0.588. The zero-order chi connectivity index (χ0) is 13.2. The Morgan fingerprint density at radius 3 is 2.95 bits per heavy atom. The fourth-order valence-electron chi connectivity index (χ4n) is 3.17. The predicted octanol–water partition coefficient (Wildman–Crippen LogP) is 2.62. The molecular formula is C16H21N3. The number of aryl methyl sites for hydroxylation is 3. The molecule has 0 fully saturated rings. The molecule has 1 aromatic heterocycles. The van der Waals surface area contributed by atoms with Gasteiger partial charge in [-0.3, -0.25) is 4.68 Å². The fraction of sp³-hybridized carbons (Fsp3) is 0.438. The highest BCUT2D eigenvalue weighted by molar-refractivity contribution is 5.32. The molecule has 2 aromatic rings. The highest BCUT2D eigenvalue weighted by Gasteiger charge is 2.26. The van der Waals surface area contributed by atoms with E-state index in [1.54, 1.807) is 0 Å². The summed E-state index contributed by atoms with van der Waals surface area (Å²) < 4.78 is 1.96. The van der Waals surface area contributed by atoms with Crippen molar-refractivity contribution in [3.05, 3.63) is 53.3 Å². The normalized spacial score (nSPS) is 22.2. The van der Waals surface area contributed by atoms with Crippen LogP contribution in [-0.4, -0.2) is 9.78 Å². The maximum Gasteiger partial charge on any atom is 0.0492 e. The van der Waals surface area contributed by atoms with Crippen LogP contribution in [-0.2, 0) is 19.9 Å². The van der Waals surface area contributed by atoms with Crippen molar-refractivity contribution >= 4 is 0 Å². The van der Waals surface area contributed by atoms with Crippen molar-refractivity contribution < 1.29 is 0 Å². The number of hydrogen-bond acceptors (Lipinski definition) is 2. The lowest BCUT2D eigenvalue weighted by Crippen LogP contribution is -2.27. The number of nitrogens with zero attached hydrogens (tertiary/aromatic N) is 2. The minimum Gasteiger partial charge on any atom is -0.324 e. The van der Waals surface area contributed by atoms with Crippen molar-refractivity contribution in [1.29, 1.82) is 0 Å². The van der Waals surface area contributed by atoms with Crippen molar-refractivity contribution in [2.24, 2.45) is 18.7 Å². The molecule has 2 N–H and O–H groups in total. The molecule has 2 atom stereocenters. The van der Waals surface area contributed by atoms with Crippen LogP contribution in [0.3, 0.4) is 0 Å².